The van der Waals surface area contributed by atoms with Crippen molar-refractivity contribution < 1.29 is 22.7 Å². The van der Waals surface area contributed by atoms with E-state index in [0.29, 0.717) is 0 Å². The van der Waals surface area contributed by atoms with Gasteiger partial charge in [-0.1, -0.05) is 6.07 Å². The van der Waals surface area contributed by atoms with E-state index in [-0.39, 0.29) is 22.2 Å². The van der Waals surface area contributed by atoms with E-state index in [1.807, 2.05) is 0 Å². The van der Waals surface area contributed by atoms with Crippen LogP contribution in [0.1, 0.15) is 23.1 Å². The molecule has 0 amide bonds. The van der Waals surface area contributed by atoms with Gasteiger partial charge in [0.1, 0.15) is 17.6 Å². The minimum absolute atomic E-state index is 0.0498. The average molecular weight is 322 g/mol. The van der Waals surface area contributed by atoms with E-state index in [1.54, 1.807) is 12.1 Å². The Morgan fingerprint density at radius 3 is 2.48 bits per heavy atom. The summed E-state index contributed by atoms with van der Waals surface area (Å²) in [4.78, 5) is 7.43. The van der Waals surface area contributed by atoms with Gasteiger partial charge in [-0.2, -0.15) is 13.2 Å². The summed E-state index contributed by atoms with van der Waals surface area (Å²) < 4.78 is 52.5. The molecule has 1 atom stereocenters. The lowest BCUT2D eigenvalue weighted by molar-refractivity contribution is -0.141. The molecule has 0 aliphatic carbocycles. The molecule has 118 valence electrons. The van der Waals surface area contributed by atoms with Gasteiger partial charge < -0.3 is 5.11 Å². The van der Waals surface area contributed by atoms with E-state index >= 15 is 0 Å². The fourth-order valence-corrected chi connectivity index (χ4v) is 2.29. The SMILES string of the molecule is O[C@H](c1ccccn1)c1cc(C(F)(F)F)nc2ccc(F)cc12. The zero-order chi connectivity index (χ0) is 16.6. The van der Waals surface area contributed by atoms with Gasteiger partial charge in [0.25, 0.3) is 0 Å². The summed E-state index contributed by atoms with van der Waals surface area (Å²) in [6.07, 6.45) is -4.70. The van der Waals surface area contributed by atoms with Crippen molar-refractivity contribution in [1.82, 2.24) is 9.97 Å². The maximum Gasteiger partial charge on any atom is 0.433 e. The molecule has 0 unspecified atom stereocenters. The second-order valence-corrected chi connectivity index (χ2v) is 4.91. The molecular weight excluding hydrogens is 312 g/mol. The number of hydrogen-bond acceptors (Lipinski definition) is 3. The van der Waals surface area contributed by atoms with Gasteiger partial charge in [0.15, 0.2) is 0 Å². The molecule has 2 aromatic heterocycles. The van der Waals surface area contributed by atoms with E-state index < -0.39 is 23.8 Å². The topological polar surface area (TPSA) is 46.0 Å². The zero-order valence-corrected chi connectivity index (χ0v) is 11.5. The minimum Gasteiger partial charge on any atom is -0.382 e. The van der Waals surface area contributed by atoms with Gasteiger partial charge in [-0.15, -0.1) is 0 Å². The summed E-state index contributed by atoms with van der Waals surface area (Å²) in [6, 6.07) is 8.62. The van der Waals surface area contributed by atoms with Gasteiger partial charge in [0.05, 0.1) is 11.2 Å². The van der Waals surface area contributed by atoms with E-state index in [2.05, 4.69) is 9.97 Å². The maximum absolute atomic E-state index is 13.5. The number of benzene rings is 1. The summed E-state index contributed by atoms with van der Waals surface area (Å²) in [6.45, 7) is 0. The number of aliphatic hydroxyl groups excluding tert-OH is 1. The first kappa shape index (κ1) is 15.4. The monoisotopic (exact) mass is 322 g/mol. The summed E-state index contributed by atoms with van der Waals surface area (Å²) in [5, 5.41) is 10.5. The van der Waals surface area contributed by atoms with Crippen LogP contribution in [0.5, 0.6) is 0 Å². The molecule has 1 aromatic carbocycles. The van der Waals surface area contributed by atoms with E-state index in [1.165, 1.54) is 12.3 Å². The highest BCUT2D eigenvalue weighted by Crippen LogP contribution is 2.34. The number of aromatic nitrogens is 2. The molecule has 0 bridgehead atoms. The van der Waals surface area contributed by atoms with Crippen LogP contribution in [-0.2, 0) is 6.18 Å². The Morgan fingerprint density at radius 2 is 1.83 bits per heavy atom. The van der Waals surface area contributed by atoms with Gasteiger partial charge in [-0.25, -0.2) is 9.37 Å². The molecule has 0 saturated heterocycles. The standard InChI is InChI=1S/C16H10F4N2O/c17-9-4-5-12-10(7-9)11(8-14(22-12)16(18,19)20)15(23)13-3-1-2-6-21-13/h1-8,15,23H/t15-/m0/s1. The lowest BCUT2D eigenvalue weighted by atomic mass is 10.00. The van der Waals surface area contributed by atoms with Crippen LogP contribution in [0.4, 0.5) is 17.6 Å². The van der Waals surface area contributed by atoms with Gasteiger partial charge >= 0.3 is 6.18 Å². The van der Waals surface area contributed by atoms with Crippen LogP contribution in [0.2, 0.25) is 0 Å². The van der Waals surface area contributed by atoms with Gasteiger partial charge in [0, 0.05) is 11.6 Å². The van der Waals surface area contributed by atoms with Crippen LogP contribution >= 0.6 is 0 Å². The van der Waals surface area contributed by atoms with Crippen molar-refractivity contribution in [2.45, 2.75) is 12.3 Å². The lowest BCUT2D eigenvalue weighted by Gasteiger charge is -2.16. The first-order valence-electron chi connectivity index (χ1n) is 6.62. The molecule has 3 aromatic rings. The summed E-state index contributed by atoms with van der Waals surface area (Å²) >= 11 is 0. The molecule has 23 heavy (non-hydrogen) atoms. The highest BCUT2D eigenvalue weighted by molar-refractivity contribution is 5.83. The van der Waals surface area contributed by atoms with E-state index in [0.717, 1.165) is 24.3 Å². The second-order valence-electron chi connectivity index (χ2n) is 4.91. The number of rotatable bonds is 2. The van der Waals surface area contributed by atoms with Gasteiger partial charge in [-0.05, 0) is 42.0 Å². The van der Waals surface area contributed by atoms with Crippen molar-refractivity contribution in [3.8, 4) is 0 Å². The molecular formula is C16H10F4N2O. The quantitative estimate of drug-likeness (QED) is 0.729. The average Bonchev–Trinajstić information content (AvgIpc) is 2.53. The molecule has 0 radical (unpaired) electrons. The Hall–Kier alpha value is -2.54. The van der Waals surface area contributed by atoms with Crippen LogP contribution < -0.4 is 0 Å². The third kappa shape index (κ3) is 3.00. The molecule has 3 nitrogen and oxygen atoms in total. The Kier molecular flexibility index (Phi) is 3.73. The second kappa shape index (κ2) is 5.58. The third-order valence-corrected chi connectivity index (χ3v) is 3.36. The molecule has 0 saturated carbocycles. The molecule has 3 rings (SSSR count). The predicted molar refractivity (Wildman–Crippen MR) is 75.0 cm³/mol. The molecule has 0 aliphatic heterocycles. The van der Waals surface area contributed by atoms with Crippen LogP contribution in [0.15, 0.2) is 48.7 Å². The Balaban J connectivity index is 2.26. The van der Waals surface area contributed by atoms with Crippen LogP contribution in [0.3, 0.4) is 0 Å². The number of hydrogen-bond donors (Lipinski definition) is 1. The normalized spacial score (nSPS) is 13.3. The first-order chi connectivity index (χ1) is 10.9. The largest absolute Gasteiger partial charge is 0.433 e. The van der Waals surface area contributed by atoms with E-state index in [4.69, 9.17) is 0 Å². The van der Waals surface area contributed by atoms with Crippen LogP contribution in [-0.4, -0.2) is 15.1 Å². The highest BCUT2D eigenvalue weighted by Gasteiger charge is 2.34. The number of pyridine rings is 2. The first-order valence-corrected chi connectivity index (χ1v) is 6.62. The summed E-state index contributed by atoms with van der Waals surface area (Å²) in [5.74, 6) is -0.631. The Morgan fingerprint density at radius 1 is 1.04 bits per heavy atom. The Labute approximate surface area is 128 Å². The maximum atomic E-state index is 13.5. The predicted octanol–water partition coefficient (Wildman–Crippen LogP) is 3.87. The fourth-order valence-electron chi connectivity index (χ4n) is 2.29. The summed E-state index contributed by atoms with van der Waals surface area (Å²) in [7, 11) is 0. The lowest BCUT2D eigenvalue weighted by Crippen LogP contribution is -2.11. The number of nitrogens with zero attached hydrogens (tertiary/aromatic N) is 2. The van der Waals surface area contributed by atoms with Crippen LogP contribution in [0.25, 0.3) is 10.9 Å². The van der Waals surface area contributed by atoms with Crippen molar-refractivity contribution >= 4 is 10.9 Å². The number of fused-ring (bicyclic) bond motifs is 1. The van der Waals surface area contributed by atoms with E-state index in [9.17, 15) is 22.7 Å². The molecule has 1 N–H and O–H groups in total. The molecule has 0 fully saturated rings. The molecule has 2 heterocycles. The van der Waals surface area contributed by atoms with Crippen molar-refractivity contribution in [1.29, 1.82) is 0 Å². The molecule has 7 heteroatoms. The molecule has 0 spiro atoms. The van der Waals surface area contributed by atoms with Crippen molar-refractivity contribution in [3.63, 3.8) is 0 Å². The smallest absolute Gasteiger partial charge is 0.382 e. The van der Waals surface area contributed by atoms with Gasteiger partial charge in [0.2, 0.25) is 0 Å². The highest BCUT2D eigenvalue weighted by atomic mass is 19.4. The third-order valence-electron chi connectivity index (χ3n) is 3.36. The Bertz CT molecular complexity index is 850. The van der Waals surface area contributed by atoms with Crippen molar-refractivity contribution in [2.24, 2.45) is 0 Å². The minimum atomic E-state index is -4.68. The number of alkyl halides is 3. The van der Waals surface area contributed by atoms with Crippen molar-refractivity contribution in [3.05, 3.63) is 71.4 Å². The number of aliphatic hydroxyl groups is 1. The zero-order valence-electron chi connectivity index (χ0n) is 11.5. The van der Waals surface area contributed by atoms with Gasteiger partial charge in [-0.3, -0.25) is 4.98 Å². The molecule has 0 aliphatic rings. The van der Waals surface area contributed by atoms with Crippen molar-refractivity contribution in [2.75, 3.05) is 0 Å². The van der Waals surface area contributed by atoms with Crippen LogP contribution in [0, 0.1) is 5.82 Å². The summed E-state index contributed by atoms with van der Waals surface area (Å²) in [5.41, 5.74) is -1.13. The number of halogens is 4. The fraction of sp³-hybridized carbons (Fsp3) is 0.125.